The topological polar surface area (TPSA) is 74.0 Å². The van der Waals surface area contributed by atoms with Crippen LogP contribution < -0.4 is 10.6 Å². The molecule has 0 radical (unpaired) electrons. The molecule has 3 rings (SSSR count). The third kappa shape index (κ3) is 4.52. The SMILES string of the molecule is CC(C)NC(=O)[C@@H](Cc1c[nH]c2ccccc12)NC(=O)Cc1cccs1. The summed E-state index contributed by atoms with van der Waals surface area (Å²) in [4.78, 5) is 29.2. The summed E-state index contributed by atoms with van der Waals surface area (Å²) in [6.07, 6.45) is 2.64. The molecule has 1 atom stereocenters. The highest BCUT2D eigenvalue weighted by Crippen LogP contribution is 2.19. The van der Waals surface area contributed by atoms with Crippen LogP contribution in [0.25, 0.3) is 10.9 Å². The fourth-order valence-electron chi connectivity index (χ4n) is 2.93. The van der Waals surface area contributed by atoms with Gasteiger partial charge < -0.3 is 15.6 Å². The monoisotopic (exact) mass is 369 g/mol. The van der Waals surface area contributed by atoms with Crippen LogP contribution in [-0.2, 0) is 22.4 Å². The number of benzene rings is 1. The summed E-state index contributed by atoms with van der Waals surface area (Å²) in [5.74, 6) is -0.305. The largest absolute Gasteiger partial charge is 0.361 e. The standard InChI is InChI=1S/C20H23N3O2S/c1-13(2)22-20(25)18(23-19(24)11-15-6-5-9-26-15)10-14-12-21-17-8-4-3-7-16(14)17/h3-9,12-13,18,21H,10-11H2,1-2H3,(H,22,25)(H,23,24)/t18-/m1/s1. The van der Waals surface area contributed by atoms with Gasteiger partial charge in [0.2, 0.25) is 11.8 Å². The summed E-state index contributed by atoms with van der Waals surface area (Å²) in [5.41, 5.74) is 2.04. The highest BCUT2D eigenvalue weighted by atomic mass is 32.1. The lowest BCUT2D eigenvalue weighted by Gasteiger charge is -2.20. The molecule has 0 saturated carbocycles. The number of fused-ring (bicyclic) bond motifs is 1. The van der Waals surface area contributed by atoms with Crippen molar-refractivity contribution in [2.75, 3.05) is 0 Å². The first-order chi connectivity index (χ1) is 12.5. The number of nitrogens with one attached hydrogen (secondary N) is 3. The average molecular weight is 369 g/mol. The lowest BCUT2D eigenvalue weighted by Crippen LogP contribution is -2.50. The predicted molar refractivity (Wildman–Crippen MR) is 105 cm³/mol. The van der Waals surface area contributed by atoms with Gasteiger partial charge in [0.25, 0.3) is 0 Å². The van der Waals surface area contributed by atoms with E-state index in [1.807, 2.05) is 61.8 Å². The summed E-state index contributed by atoms with van der Waals surface area (Å²) < 4.78 is 0. The van der Waals surface area contributed by atoms with Gasteiger partial charge in [-0.25, -0.2) is 0 Å². The first kappa shape index (κ1) is 18.2. The van der Waals surface area contributed by atoms with E-state index < -0.39 is 6.04 Å². The maximum absolute atomic E-state index is 12.6. The van der Waals surface area contributed by atoms with Crippen LogP contribution in [0.1, 0.15) is 24.3 Å². The Hall–Kier alpha value is -2.60. The molecule has 2 aromatic heterocycles. The minimum absolute atomic E-state index is 0.0159. The van der Waals surface area contributed by atoms with Gasteiger partial charge in [-0.05, 0) is 36.9 Å². The van der Waals surface area contributed by atoms with Crippen molar-refractivity contribution >= 4 is 34.1 Å². The van der Waals surface area contributed by atoms with E-state index in [0.717, 1.165) is 21.3 Å². The van der Waals surface area contributed by atoms with Gasteiger partial charge in [-0.3, -0.25) is 9.59 Å². The van der Waals surface area contributed by atoms with Crippen LogP contribution in [-0.4, -0.2) is 28.9 Å². The van der Waals surface area contributed by atoms with Gasteiger partial charge in [0, 0.05) is 34.4 Å². The van der Waals surface area contributed by atoms with Crippen LogP contribution in [0.3, 0.4) is 0 Å². The van der Waals surface area contributed by atoms with E-state index in [2.05, 4.69) is 15.6 Å². The van der Waals surface area contributed by atoms with Crippen molar-refractivity contribution in [3.63, 3.8) is 0 Å². The van der Waals surface area contributed by atoms with Crippen molar-refractivity contribution in [2.45, 2.75) is 38.8 Å². The van der Waals surface area contributed by atoms with E-state index in [-0.39, 0.29) is 24.3 Å². The van der Waals surface area contributed by atoms with E-state index in [0.29, 0.717) is 6.42 Å². The Bertz CT molecular complexity index is 883. The van der Waals surface area contributed by atoms with E-state index in [1.165, 1.54) is 11.3 Å². The van der Waals surface area contributed by atoms with Crippen molar-refractivity contribution in [2.24, 2.45) is 0 Å². The third-order valence-corrected chi connectivity index (χ3v) is 4.97. The molecule has 2 heterocycles. The second kappa shape index (κ2) is 8.19. The number of aromatic amines is 1. The Morgan fingerprint density at radius 3 is 2.65 bits per heavy atom. The summed E-state index contributed by atoms with van der Waals surface area (Å²) >= 11 is 1.54. The predicted octanol–water partition coefficient (Wildman–Crippen LogP) is 3.02. The number of carbonyl (C=O) groups excluding carboxylic acids is 2. The molecular weight excluding hydrogens is 346 g/mol. The van der Waals surface area contributed by atoms with E-state index in [9.17, 15) is 9.59 Å². The summed E-state index contributed by atoms with van der Waals surface area (Å²) in [6, 6.07) is 11.2. The first-order valence-corrected chi connectivity index (χ1v) is 9.58. The zero-order valence-corrected chi connectivity index (χ0v) is 15.7. The number of thiophene rings is 1. The van der Waals surface area contributed by atoms with E-state index in [1.54, 1.807) is 0 Å². The molecule has 0 fully saturated rings. The number of amides is 2. The highest BCUT2D eigenvalue weighted by Gasteiger charge is 2.23. The molecule has 6 heteroatoms. The number of para-hydroxylation sites is 1. The first-order valence-electron chi connectivity index (χ1n) is 8.70. The molecule has 3 aromatic rings. The van der Waals surface area contributed by atoms with Gasteiger partial charge in [0.1, 0.15) is 6.04 Å². The molecule has 0 aliphatic rings. The normalized spacial score (nSPS) is 12.3. The van der Waals surface area contributed by atoms with Gasteiger partial charge >= 0.3 is 0 Å². The van der Waals surface area contributed by atoms with E-state index >= 15 is 0 Å². The lowest BCUT2D eigenvalue weighted by atomic mass is 10.0. The minimum atomic E-state index is -0.607. The number of H-pyrrole nitrogens is 1. The maximum atomic E-state index is 12.6. The van der Waals surface area contributed by atoms with Crippen molar-refractivity contribution in [3.8, 4) is 0 Å². The number of rotatable bonds is 7. The number of hydrogen-bond acceptors (Lipinski definition) is 3. The number of hydrogen-bond donors (Lipinski definition) is 3. The molecule has 1 aromatic carbocycles. The average Bonchev–Trinajstić information content (AvgIpc) is 3.24. The molecule has 3 N–H and O–H groups in total. The second-order valence-corrected chi connectivity index (χ2v) is 7.64. The highest BCUT2D eigenvalue weighted by molar-refractivity contribution is 7.10. The van der Waals surface area contributed by atoms with Crippen LogP contribution in [0.15, 0.2) is 48.0 Å². The minimum Gasteiger partial charge on any atom is -0.361 e. The third-order valence-electron chi connectivity index (χ3n) is 4.10. The molecule has 5 nitrogen and oxygen atoms in total. The molecule has 0 saturated heterocycles. The Labute approximate surface area is 156 Å². The fourth-order valence-corrected chi connectivity index (χ4v) is 3.64. The molecular formula is C20H23N3O2S. The summed E-state index contributed by atoms with van der Waals surface area (Å²) in [5, 5.41) is 8.83. The zero-order chi connectivity index (χ0) is 18.5. The van der Waals surface area contributed by atoms with Gasteiger partial charge in [-0.1, -0.05) is 24.3 Å². The van der Waals surface area contributed by atoms with Crippen LogP contribution in [0.4, 0.5) is 0 Å². The molecule has 26 heavy (non-hydrogen) atoms. The van der Waals surface area contributed by atoms with Crippen LogP contribution in [0.2, 0.25) is 0 Å². The summed E-state index contributed by atoms with van der Waals surface area (Å²) in [7, 11) is 0. The Kier molecular flexibility index (Phi) is 5.73. The molecule has 0 aliphatic heterocycles. The van der Waals surface area contributed by atoms with Crippen LogP contribution >= 0.6 is 11.3 Å². The quantitative estimate of drug-likeness (QED) is 0.599. The van der Waals surface area contributed by atoms with Crippen molar-refractivity contribution in [1.29, 1.82) is 0 Å². The lowest BCUT2D eigenvalue weighted by molar-refractivity contribution is -0.129. The molecule has 0 aliphatic carbocycles. The molecule has 0 bridgehead atoms. The van der Waals surface area contributed by atoms with Crippen molar-refractivity contribution in [1.82, 2.24) is 15.6 Å². The fraction of sp³-hybridized carbons (Fsp3) is 0.300. The van der Waals surface area contributed by atoms with Crippen molar-refractivity contribution < 1.29 is 9.59 Å². The van der Waals surface area contributed by atoms with Gasteiger partial charge in [0.15, 0.2) is 0 Å². The molecule has 0 spiro atoms. The smallest absolute Gasteiger partial charge is 0.243 e. The zero-order valence-electron chi connectivity index (χ0n) is 14.9. The molecule has 2 amide bonds. The van der Waals surface area contributed by atoms with Crippen LogP contribution in [0, 0.1) is 0 Å². The van der Waals surface area contributed by atoms with Gasteiger partial charge in [-0.15, -0.1) is 11.3 Å². The Morgan fingerprint density at radius 1 is 1.12 bits per heavy atom. The number of aromatic nitrogens is 1. The van der Waals surface area contributed by atoms with Gasteiger partial charge in [0.05, 0.1) is 6.42 Å². The molecule has 136 valence electrons. The Balaban J connectivity index is 1.76. The second-order valence-electron chi connectivity index (χ2n) is 6.60. The number of carbonyl (C=O) groups is 2. The Morgan fingerprint density at radius 2 is 1.92 bits per heavy atom. The van der Waals surface area contributed by atoms with Crippen LogP contribution in [0.5, 0.6) is 0 Å². The van der Waals surface area contributed by atoms with Crippen molar-refractivity contribution in [3.05, 3.63) is 58.4 Å². The van der Waals surface area contributed by atoms with Gasteiger partial charge in [-0.2, -0.15) is 0 Å². The summed E-state index contributed by atoms with van der Waals surface area (Å²) in [6.45, 7) is 3.82. The maximum Gasteiger partial charge on any atom is 0.243 e. The van der Waals surface area contributed by atoms with E-state index in [4.69, 9.17) is 0 Å². The molecule has 0 unspecified atom stereocenters.